The Morgan fingerprint density at radius 3 is 2.40 bits per heavy atom. The van der Waals surface area contributed by atoms with Gasteiger partial charge in [-0.25, -0.2) is 4.79 Å². The minimum Gasteiger partial charge on any atom is -0.477 e. The van der Waals surface area contributed by atoms with Crippen molar-refractivity contribution >= 4 is 5.97 Å². The quantitative estimate of drug-likeness (QED) is 0.922. The molecule has 0 saturated heterocycles. The number of ether oxygens (including phenoxy) is 1. The maximum Gasteiger partial charge on any atom is 0.341 e. The standard InChI is InChI=1S/C16H17NO3/c1-9-5-6-13(10(2)7-9)20-14-8-11(3)17-12(4)15(14)16(18)19/h5-8H,1-4H3,(H,18,19). The molecule has 0 bridgehead atoms. The lowest BCUT2D eigenvalue weighted by Gasteiger charge is -2.13. The summed E-state index contributed by atoms with van der Waals surface area (Å²) in [6.45, 7) is 7.42. The van der Waals surface area contributed by atoms with E-state index in [1.807, 2.05) is 39.0 Å². The summed E-state index contributed by atoms with van der Waals surface area (Å²) in [5.74, 6) is -0.0488. The molecular formula is C16H17NO3. The maximum atomic E-state index is 11.4. The molecule has 0 spiro atoms. The third-order valence-corrected chi connectivity index (χ3v) is 3.06. The number of aromatic nitrogens is 1. The molecule has 4 nitrogen and oxygen atoms in total. The van der Waals surface area contributed by atoms with E-state index in [0.717, 1.165) is 16.8 Å². The minimum absolute atomic E-state index is 0.107. The molecule has 4 heteroatoms. The number of aromatic carboxylic acids is 1. The van der Waals surface area contributed by atoms with Gasteiger partial charge in [-0.15, -0.1) is 0 Å². The molecule has 1 aromatic carbocycles. The van der Waals surface area contributed by atoms with Crippen molar-refractivity contribution in [3.8, 4) is 11.5 Å². The molecule has 2 rings (SSSR count). The molecule has 0 fully saturated rings. The van der Waals surface area contributed by atoms with Crippen LogP contribution in [0.1, 0.15) is 32.9 Å². The average molecular weight is 271 g/mol. The van der Waals surface area contributed by atoms with Crippen LogP contribution in [-0.4, -0.2) is 16.1 Å². The molecule has 1 aromatic heterocycles. The number of aryl methyl sites for hydroxylation is 4. The Labute approximate surface area is 118 Å². The smallest absolute Gasteiger partial charge is 0.341 e. The fourth-order valence-corrected chi connectivity index (χ4v) is 2.17. The zero-order valence-corrected chi connectivity index (χ0v) is 12.0. The molecule has 0 unspecified atom stereocenters. The summed E-state index contributed by atoms with van der Waals surface area (Å²) in [4.78, 5) is 15.5. The first-order chi connectivity index (χ1) is 9.38. The van der Waals surface area contributed by atoms with E-state index in [4.69, 9.17) is 4.74 Å². The summed E-state index contributed by atoms with van der Waals surface area (Å²) in [5.41, 5.74) is 3.39. The molecule has 104 valence electrons. The van der Waals surface area contributed by atoms with E-state index in [0.29, 0.717) is 17.2 Å². The zero-order chi connectivity index (χ0) is 14.9. The van der Waals surface area contributed by atoms with Gasteiger partial charge in [-0.3, -0.25) is 4.98 Å². The van der Waals surface area contributed by atoms with E-state index in [-0.39, 0.29) is 5.56 Å². The van der Waals surface area contributed by atoms with Gasteiger partial charge in [0.15, 0.2) is 0 Å². The Morgan fingerprint density at radius 2 is 1.80 bits per heavy atom. The summed E-state index contributed by atoms with van der Waals surface area (Å²) in [5, 5.41) is 9.31. The van der Waals surface area contributed by atoms with E-state index < -0.39 is 5.97 Å². The largest absolute Gasteiger partial charge is 0.477 e. The van der Waals surface area contributed by atoms with Crippen molar-refractivity contribution < 1.29 is 14.6 Å². The second-order valence-electron chi connectivity index (χ2n) is 4.90. The summed E-state index contributed by atoms with van der Waals surface area (Å²) < 4.78 is 5.80. The number of carboxylic acid groups (broad SMARTS) is 1. The van der Waals surface area contributed by atoms with Gasteiger partial charge in [0.1, 0.15) is 17.1 Å². The topological polar surface area (TPSA) is 59.4 Å². The molecule has 0 aliphatic carbocycles. The number of carbonyl (C=O) groups is 1. The van der Waals surface area contributed by atoms with Crippen LogP contribution in [0.15, 0.2) is 24.3 Å². The highest BCUT2D eigenvalue weighted by Crippen LogP contribution is 2.30. The number of nitrogens with zero attached hydrogens (tertiary/aromatic N) is 1. The first-order valence-corrected chi connectivity index (χ1v) is 6.35. The Kier molecular flexibility index (Phi) is 3.74. The first kappa shape index (κ1) is 14.1. The highest BCUT2D eigenvalue weighted by Gasteiger charge is 2.17. The van der Waals surface area contributed by atoms with Gasteiger partial charge in [-0.05, 0) is 39.3 Å². The fraction of sp³-hybridized carbons (Fsp3) is 0.250. The van der Waals surface area contributed by atoms with Crippen molar-refractivity contribution in [2.75, 3.05) is 0 Å². The Hall–Kier alpha value is -2.36. The van der Waals surface area contributed by atoms with Gasteiger partial charge in [0.05, 0.1) is 5.69 Å². The predicted octanol–water partition coefficient (Wildman–Crippen LogP) is 3.81. The number of rotatable bonds is 3. The van der Waals surface area contributed by atoms with Gasteiger partial charge in [0.2, 0.25) is 0 Å². The van der Waals surface area contributed by atoms with Crippen LogP contribution >= 0.6 is 0 Å². The monoisotopic (exact) mass is 271 g/mol. The van der Waals surface area contributed by atoms with E-state index >= 15 is 0 Å². The van der Waals surface area contributed by atoms with Crippen LogP contribution in [0.4, 0.5) is 0 Å². The van der Waals surface area contributed by atoms with Gasteiger partial charge < -0.3 is 9.84 Å². The Balaban J connectivity index is 2.50. The molecule has 0 aliphatic rings. The van der Waals surface area contributed by atoms with E-state index in [1.54, 1.807) is 13.0 Å². The lowest BCUT2D eigenvalue weighted by molar-refractivity contribution is 0.0692. The highest BCUT2D eigenvalue weighted by molar-refractivity contribution is 5.92. The molecule has 0 amide bonds. The summed E-state index contributed by atoms with van der Waals surface area (Å²) in [6.07, 6.45) is 0. The van der Waals surface area contributed by atoms with Crippen molar-refractivity contribution in [1.29, 1.82) is 0 Å². The average Bonchev–Trinajstić information content (AvgIpc) is 2.31. The fourth-order valence-electron chi connectivity index (χ4n) is 2.17. The van der Waals surface area contributed by atoms with Crippen molar-refractivity contribution in [1.82, 2.24) is 4.98 Å². The Bertz CT molecular complexity index is 678. The Morgan fingerprint density at radius 1 is 1.10 bits per heavy atom. The summed E-state index contributed by atoms with van der Waals surface area (Å²) >= 11 is 0. The predicted molar refractivity (Wildman–Crippen MR) is 76.7 cm³/mol. The molecule has 20 heavy (non-hydrogen) atoms. The van der Waals surface area contributed by atoms with Gasteiger partial charge in [0, 0.05) is 11.8 Å². The second-order valence-corrected chi connectivity index (χ2v) is 4.90. The van der Waals surface area contributed by atoms with Crippen molar-refractivity contribution in [3.05, 3.63) is 52.3 Å². The van der Waals surface area contributed by atoms with Crippen molar-refractivity contribution in [2.24, 2.45) is 0 Å². The molecule has 0 atom stereocenters. The molecule has 0 radical (unpaired) electrons. The number of hydrogen-bond donors (Lipinski definition) is 1. The number of hydrogen-bond acceptors (Lipinski definition) is 3. The normalized spacial score (nSPS) is 10.4. The van der Waals surface area contributed by atoms with Gasteiger partial charge in [-0.2, -0.15) is 0 Å². The van der Waals surface area contributed by atoms with Gasteiger partial charge >= 0.3 is 5.97 Å². The van der Waals surface area contributed by atoms with Crippen LogP contribution in [0.2, 0.25) is 0 Å². The minimum atomic E-state index is -1.03. The van der Waals surface area contributed by atoms with Crippen LogP contribution in [0.3, 0.4) is 0 Å². The SMILES string of the molecule is Cc1ccc(Oc2cc(C)nc(C)c2C(=O)O)c(C)c1. The lowest BCUT2D eigenvalue weighted by atomic mass is 10.1. The maximum absolute atomic E-state index is 11.4. The number of pyridine rings is 1. The third kappa shape index (κ3) is 2.79. The third-order valence-electron chi connectivity index (χ3n) is 3.06. The van der Waals surface area contributed by atoms with Crippen molar-refractivity contribution in [2.45, 2.75) is 27.7 Å². The summed E-state index contributed by atoms with van der Waals surface area (Å²) in [6, 6.07) is 7.43. The second kappa shape index (κ2) is 5.33. The van der Waals surface area contributed by atoms with Crippen LogP contribution in [-0.2, 0) is 0 Å². The molecule has 0 saturated carbocycles. The lowest BCUT2D eigenvalue weighted by Crippen LogP contribution is -2.06. The molecule has 2 aromatic rings. The number of carboxylic acids is 1. The van der Waals surface area contributed by atoms with Crippen LogP contribution in [0.5, 0.6) is 11.5 Å². The van der Waals surface area contributed by atoms with Crippen LogP contribution in [0, 0.1) is 27.7 Å². The molecular weight excluding hydrogens is 254 g/mol. The molecule has 0 aliphatic heterocycles. The first-order valence-electron chi connectivity index (χ1n) is 6.35. The molecule has 1 N–H and O–H groups in total. The van der Waals surface area contributed by atoms with E-state index in [1.165, 1.54) is 0 Å². The van der Waals surface area contributed by atoms with Crippen LogP contribution < -0.4 is 4.74 Å². The molecule has 1 heterocycles. The zero-order valence-electron chi connectivity index (χ0n) is 12.0. The van der Waals surface area contributed by atoms with Gasteiger partial charge in [-0.1, -0.05) is 17.7 Å². The number of benzene rings is 1. The van der Waals surface area contributed by atoms with E-state index in [9.17, 15) is 9.90 Å². The van der Waals surface area contributed by atoms with Crippen LogP contribution in [0.25, 0.3) is 0 Å². The van der Waals surface area contributed by atoms with Crippen molar-refractivity contribution in [3.63, 3.8) is 0 Å². The van der Waals surface area contributed by atoms with E-state index in [2.05, 4.69) is 4.98 Å². The summed E-state index contributed by atoms with van der Waals surface area (Å²) in [7, 11) is 0. The highest BCUT2D eigenvalue weighted by atomic mass is 16.5. The van der Waals surface area contributed by atoms with Gasteiger partial charge in [0.25, 0.3) is 0 Å².